The fourth-order valence-corrected chi connectivity index (χ4v) is 5.65. The average molecular weight is 382 g/mol. The van der Waals surface area contributed by atoms with E-state index in [1.54, 1.807) is 36.0 Å². The number of benzene rings is 3. The van der Waals surface area contributed by atoms with Crippen LogP contribution < -0.4 is 4.31 Å². The molecular weight excluding hydrogens is 362 g/mol. The van der Waals surface area contributed by atoms with Crippen LogP contribution in [0.4, 0.5) is 5.69 Å². The number of nitrogens with zero attached hydrogens (tertiary/aromatic N) is 1. The summed E-state index contributed by atoms with van der Waals surface area (Å²) in [5.41, 5.74) is 5.08. The van der Waals surface area contributed by atoms with E-state index in [4.69, 9.17) is 0 Å². The van der Waals surface area contributed by atoms with Crippen LogP contribution in [0, 0.1) is 6.92 Å². The third-order valence-corrected chi connectivity index (χ3v) is 7.25. The van der Waals surface area contributed by atoms with Gasteiger partial charge in [-0.25, -0.2) is 8.42 Å². The van der Waals surface area contributed by atoms with Crippen molar-refractivity contribution in [1.82, 2.24) is 0 Å². The van der Waals surface area contributed by atoms with Crippen molar-refractivity contribution in [2.75, 3.05) is 10.6 Å². The number of hydrogen-bond acceptors (Lipinski definition) is 3. The largest absolute Gasteiger partial charge is 0.264 e. The van der Waals surface area contributed by atoms with E-state index in [0.717, 1.165) is 27.3 Å². The second kappa shape index (κ2) is 6.49. The highest BCUT2D eigenvalue weighted by Gasteiger charge is 2.32. The standard InChI is InChI=1S/C21H19NO2S2/c1-15-12-18-17-10-6-7-11-20(17)22(14-19(18)21(13-15)25-2)26(23,24)16-8-4-3-5-9-16/h3-13H,14H2,1-2H3. The maximum Gasteiger partial charge on any atom is 0.264 e. The molecule has 3 aromatic carbocycles. The molecule has 0 aliphatic carbocycles. The highest BCUT2D eigenvalue weighted by molar-refractivity contribution is 7.98. The molecule has 1 aliphatic rings. The molecule has 0 aromatic heterocycles. The number of rotatable bonds is 3. The van der Waals surface area contributed by atoms with Crippen LogP contribution in [0.1, 0.15) is 11.1 Å². The van der Waals surface area contributed by atoms with Gasteiger partial charge in [0.2, 0.25) is 0 Å². The van der Waals surface area contributed by atoms with Gasteiger partial charge in [0.25, 0.3) is 10.0 Å². The fraction of sp³-hybridized carbons (Fsp3) is 0.143. The van der Waals surface area contributed by atoms with Gasteiger partial charge in [-0.15, -0.1) is 11.8 Å². The van der Waals surface area contributed by atoms with Crippen LogP contribution in [0.25, 0.3) is 11.1 Å². The summed E-state index contributed by atoms with van der Waals surface area (Å²) in [5.74, 6) is 0. The molecular formula is C21H19NO2S2. The molecule has 1 aliphatic heterocycles. The molecule has 26 heavy (non-hydrogen) atoms. The molecule has 4 rings (SSSR count). The lowest BCUT2D eigenvalue weighted by atomic mass is 9.93. The van der Waals surface area contributed by atoms with Crippen molar-refractivity contribution in [3.8, 4) is 11.1 Å². The summed E-state index contributed by atoms with van der Waals surface area (Å²) in [4.78, 5) is 1.44. The Balaban J connectivity index is 1.96. The van der Waals surface area contributed by atoms with Crippen LogP contribution in [0.2, 0.25) is 0 Å². The van der Waals surface area contributed by atoms with Crippen LogP contribution in [0.15, 0.2) is 76.5 Å². The molecule has 0 atom stereocenters. The zero-order valence-electron chi connectivity index (χ0n) is 14.6. The first kappa shape index (κ1) is 17.2. The minimum Gasteiger partial charge on any atom is -0.261 e. The van der Waals surface area contributed by atoms with Gasteiger partial charge in [0.1, 0.15) is 0 Å². The molecule has 0 saturated heterocycles. The second-order valence-corrected chi connectivity index (χ2v) is 9.05. The van der Waals surface area contributed by atoms with E-state index in [1.807, 2.05) is 36.6 Å². The predicted octanol–water partition coefficient (Wildman–Crippen LogP) is 5.09. The zero-order chi connectivity index (χ0) is 18.3. The van der Waals surface area contributed by atoms with Gasteiger partial charge in [0.15, 0.2) is 0 Å². The first-order chi connectivity index (χ1) is 12.5. The quantitative estimate of drug-likeness (QED) is 0.593. The Morgan fingerprint density at radius 2 is 1.62 bits per heavy atom. The van der Waals surface area contributed by atoms with Crippen molar-refractivity contribution in [2.45, 2.75) is 23.3 Å². The number of fused-ring (bicyclic) bond motifs is 3. The molecule has 0 saturated carbocycles. The van der Waals surface area contributed by atoms with E-state index in [1.165, 1.54) is 9.87 Å². The molecule has 1 heterocycles. The van der Waals surface area contributed by atoms with Gasteiger partial charge in [-0.3, -0.25) is 4.31 Å². The summed E-state index contributed by atoms with van der Waals surface area (Å²) in [6.45, 7) is 2.43. The van der Waals surface area contributed by atoms with Gasteiger partial charge in [-0.05, 0) is 54.1 Å². The van der Waals surface area contributed by atoms with Gasteiger partial charge >= 0.3 is 0 Å². The minimum atomic E-state index is -3.63. The van der Waals surface area contributed by atoms with Crippen molar-refractivity contribution < 1.29 is 8.42 Å². The Kier molecular flexibility index (Phi) is 4.29. The van der Waals surface area contributed by atoms with Crippen molar-refractivity contribution in [3.63, 3.8) is 0 Å². The molecule has 0 amide bonds. The topological polar surface area (TPSA) is 37.4 Å². The van der Waals surface area contributed by atoms with Crippen molar-refractivity contribution in [3.05, 3.63) is 77.9 Å². The van der Waals surface area contributed by atoms with E-state index in [2.05, 4.69) is 19.1 Å². The maximum atomic E-state index is 13.3. The van der Waals surface area contributed by atoms with Gasteiger partial charge in [-0.2, -0.15) is 0 Å². The van der Waals surface area contributed by atoms with Crippen LogP contribution in [0.3, 0.4) is 0 Å². The van der Waals surface area contributed by atoms with Gasteiger partial charge in [0.05, 0.1) is 17.1 Å². The van der Waals surface area contributed by atoms with E-state index in [-0.39, 0.29) is 0 Å². The number of sulfonamides is 1. The molecule has 0 bridgehead atoms. The van der Waals surface area contributed by atoms with Crippen LogP contribution in [-0.4, -0.2) is 14.7 Å². The predicted molar refractivity (Wildman–Crippen MR) is 108 cm³/mol. The number of thioether (sulfide) groups is 1. The number of hydrogen-bond donors (Lipinski definition) is 0. The smallest absolute Gasteiger partial charge is 0.261 e. The van der Waals surface area contributed by atoms with Crippen LogP contribution in [0.5, 0.6) is 0 Å². The summed E-state index contributed by atoms with van der Waals surface area (Å²) < 4.78 is 28.2. The highest BCUT2D eigenvalue weighted by Crippen LogP contribution is 2.44. The van der Waals surface area contributed by atoms with Gasteiger partial charge < -0.3 is 0 Å². The lowest BCUT2D eigenvalue weighted by Crippen LogP contribution is -2.33. The van der Waals surface area contributed by atoms with Crippen molar-refractivity contribution in [1.29, 1.82) is 0 Å². The lowest BCUT2D eigenvalue weighted by Gasteiger charge is -2.33. The molecule has 3 aromatic rings. The third-order valence-electron chi connectivity index (χ3n) is 4.67. The molecule has 0 spiro atoms. The summed E-state index contributed by atoms with van der Waals surface area (Å²) >= 11 is 1.66. The Labute approximate surface area is 158 Å². The normalized spacial score (nSPS) is 13.2. The SMILES string of the molecule is CSc1cc(C)cc2c1CN(S(=O)(=O)c1ccccc1)c1ccccc1-2. The monoisotopic (exact) mass is 381 g/mol. The first-order valence-corrected chi connectivity index (χ1v) is 11.0. The van der Waals surface area contributed by atoms with E-state index < -0.39 is 10.0 Å². The molecule has 132 valence electrons. The third kappa shape index (κ3) is 2.72. The number of aryl methyl sites for hydroxylation is 1. The highest BCUT2D eigenvalue weighted by atomic mass is 32.2. The lowest BCUT2D eigenvalue weighted by molar-refractivity contribution is 0.590. The average Bonchev–Trinajstić information content (AvgIpc) is 2.67. The van der Waals surface area contributed by atoms with E-state index in [9.17, 15) is 8.42 Å². The molecule has 0 fully saturated rings. The molecule has 5 heteroatoms. The van der Waals surface area contributed by atoms with E-state index in [0.29, 0.717) is 11.4 Å². The summed E-state index contributed by atoms with van der Waals surface area (Å²) in [6.07, 6.45) is 2.03. The number of anilines is 1. The summed E-state index contributed by atoms with van der Waals surface area (Å²) in [5, 5.41) is 0. The number of para-hydroxylation sites is 1. The molecule has 3 nitrogen and oxygen atoms in total. The molecule has 0 N–H and O–H groups in total. The van der Waals surface area contributed by atoms with Crippen LogP contribution in [-0.2, 0) is 16.6 Å². The fourth-order valence-electron chi connectivity index (χ4n) is 3.45. The Hall–Kier alpha value is -2.24. The van der Waals surface area contributed by atoms with Gasteiger partial charge in [0, 0.05) is 10.5 Å². The van der Waals surface area contributed by atoms with Crippen molar-refractivity contribution >= 4 is 27.5 Å². The molecule has 0 radical (unpaired) electrons. The van der Waals surface area contributed by atoms with Crippen LogP contribution >= 0.6 is 11.8 Å². The summed E-state index contributed by atoms with van der Waals surface area (Å²) in [7, 11) is -3.63. The van der Waals surface area contributed by atoms with E-state index >= 15 is 0 Å². The first-order valence-electron chi connectivity index (χ1n) is 8.37. The Morgan fingerprint density at radius 1 is 0.923 bits per heavy atom. The summed E-state index contributed by atoms with van der Waals surface area (Å²) in [6, 6.07) is 20.7. The van der Waals surface area contributed by atoms with Crippen molar-refractivity contribution in [2.24, 2.45) is 0 Å². The minimum absolute atomic E-state index is 0.316. The maximum absolute atomic E-state index is 13.3. The zero-order valence-corrected chi connectivity index (χ0v) is 16.3. The second-order valence-electron chi connectivity index (χ2n) is 6.34. The Morgan fingerprint density at radius 3 is 2.35 bits per heavy atom. The van der Waals surface area contributed by atoms with Gasteiger partial charge in [-0.1, -0.05) is 42.5 Å². The Bertz CT molecular complexity index is 1080. The molecule has 0 unspecified atom stereocenters.